The number of hydrogen-bond acceptors (Lipinski definition) is 6. The minimum Gasteiger partial charge on any atom is -0.497 e. The van der Waals surface area contributed by atoms with Crippen LogP contribution < -0.4 is 15.0 Å². The topological polar surface area (TPSA) is 67.3 Å². The van der Waals surface area contributed by atoms with Gasteiger partial charge in [0.1, 0.15) is 10.8 Å². The number of amides is 1. The largest absolute Gasteiger partial charge is 0.497 e. The summed E-state index contributed by atoms with van der Waals surface area (Å²) in [6.07, 6.45) is 5.26. The maximum absolute atomic E-state index is 12.9. The first-order chi connectivity index (χ1) is 15.2. The Labute approximate surface area is 187 Å². The molecule has 160 valence electrons. The van der Waals surface area contributed by atoms with Crippen molar-refractivity contribution in [3.63, 3.8) is 0 Å². The Morgan fingerprint density at radius 2 is 2.00 bits per heavy atom. The summed E-state index contributed by atoms with van der Waals surface area (Å²) in [5, 5.41) is 3.95. The maximum Gasteiger partial charge on any atom is 0.225 e. The van der Waals surface area contributed by atoms with Gasteiger partial charge in [0.2, 0.25) is 5.91 Å². The van der Waals surface area contributed by atoms with Crippen LogP contribution in [0, 0.1) is 5.92 Å². The lowest BCUT2D eigenvalue weighted by molar-refractivity contribution is -0.125. The van der Waals surface area contributed by atoms with Crippen molar-refractivity contribution in [1.29, 1.82) is 0 Å². The van der Waals surface area contributed by atoms with Gasteiger partial charge in [-0.2, -0.15) is 0 Å². The normalized spacial score (nSPS) is 16.0. The highest BCUT2D eigenvalue weighted by molar-refractivity contribution is 7.99. The number of rotatable bonds is 7. The van der Waals surface area contributed by atoms with Gasteiger partial charge in [-0.05, 0) is 42.7 Å². The molecule has 1 aliphatic heterocycles. The lowest BCUT2D eigenvalue weighted by Gasteiger charge is -2.33. The molecular formula is C24H26N4O2S. The van der Waals surface area contributed by atoms with Crippen LogP contribution in [-0.2, 0) is 11.3 Å². The Morgan fingerprint density at radius 1 is 1.16 bits per heavy atom. The number of nitrogens with zero attached hydrogens (tertiary/aromatic N) is 3. The molecule has 0 aliphatic carbocycles. The van der Waals surface area contributed by atoms with Crippen molar-refractivity contribution in [2.75, 3.05) is 25.1 Å². The Hall–Kier alpha value is -3.06. The average molecular weight is 435 g/mol. The van der Waals surface area contributed by atoms with Crippen LogP contribution >= 0.6 is 11.8 Å². The van der Waals surface area contributed by atoms with Crippen LogP contribution in [0.3, 0.4) is 0 Å². The first-order valence-corrected chi connectivity index (χ1v) is 11.2. The molecule has 2 aromatic carbocycles. The summed E-state index contributed by atoms with van der Waals surface area (Å²) in [7, 11) is 1.64. The third-order valence-electron chi connectivity index (χ3n) is 5.30. The van der Waals surface area contributed by atoms with E-state index in [1.165, 1.54) is 0 Å². The molecule has 1 N–H and O–H groups in total. The van der Waals surface area contributed by atoms with Crippen molar-refractivity contribution in [1.82, 2.24) is 15.3 Å². The number of ether oxygens (including phenoxy) is 1. The zero-order valence-electron chi connectivity index (χ0n) is 17.5. The lowest BCUT2D eigenvalue weighted by Crippen LogP contribution is -2.43. The van der Waals surface area contributed by atoms with Crippen molar-refractivity contribution in [2.24, 2.45) is 5.92 Å². The van der Waals surface area contributed by atoms with Gasteiger partial charge in [0, 0.05) is 36.9 Å². The van der Waals surface area contributed by atoms with Crippen LogP contribution in [0.5, 0.6) is 5.75 Å². The fourth-order valence-electron chi connectivity index (χ4n) is 3.71. The van der Waals surface area contributed by atoms with E-state index in [-0.39, 0.29) is 11.8 Å². The number of methoxy groups -OCH3 is 1. The summed E-state index contributed by atoms with van der Waals surface area (Å²) >= 11 is 1.60. The first-order valence-electron chi connectivity index (χ1n) is 10.4. The first kappa shape index (κ1) is 21.2. The van der Waals surface area contributed by atoms with E-state index in [0.717, 1.165) is 46.4 Å². The van der Waals surface area contributed by atoms with E-state index in [9.17, 15) is 4.79 Å². The molecular weight excluding hydrogens is 408 g/mol. The van der Waals surface area contributed by atoms with E-state index >= 15 is 0 Å². The van der Waals surface area contributed by atoms with Crippen molar-refractivity contribution in [3.05, 3.63) is 72.6 Å². The standard InChI is InChI=1S/C24H26N4O2S/c1-30-20-9-5-7-18(15-20)16-27-23(29)19-8-6-14-28(17-19)22-24(26-13-12-25-22)31-21-10-3-2-4-11-21/h2-5,7,9-13,15,19H,6,8,14,16-17H2,1H3,(H,27,29)/t19-/m0/s1. The van der Waals surface area contributed by atoms with E-state index in [1.54, 1.807) is 31.3 Å². The minimum absolute atomic E-state index is 0.0732. The summed E-state index contributed by atoms with van der Waals surface area (Å²) in [6, 6.07) is 17.9. The van der Waals surface area contributed by atoms with Crippen LogP contribution in [0.1, 0.15) is 18.4 Å². The molecule has 2 heterocycles. The third-order valence-corrected chi connectivity index (χ3v) is 6.29. The summed E-state index contributed by atoms with van der Waals surface area (Å²) < 4.78 is 5.26. The van der Waals surface area contributed by atoms with E-state index in [1.807, 2.05) is 42.5 Å². The number of nitrogens with one attached hydrogen (secondary N) is 1. The van der Waals surface area contributed by atoms with Gasteiger partial charge < -0.3 is 15.0 Å². The number of benzene rings is 2. The van der Waals surface area contributed by atoms with Gasteiger partial charge >= 0.3 is 0 Å². The Morgan fingerprint density at radius 3 is 2.84 bits per heavy atom. The predicted molar refractivity (Wildman–Crippen MR) is 122 cm³/mol. The Bertz CT molecular complexity index is 1020. The number of piperidine rings is 1. The Kier molecular flexibility index (Phi) is 7.04. The molecule has 1 amide bonds. The van der Waals surface area contributed by atoms with Gasteiger partial charge in [-0.3, -0.25) is 4.79 Å². The van der Waals surface area contributed by atoms with Crippen molar-refractivity contribution in [2.45, 2.75) is 29.3 Å². The second-order valence-corrected chi connectivity index (χ2v) is 8.52. The smallest absolute Gasteiger partial charge is 0.225 e. The summed E-state index contributed by atoms with van der Waals surface area (Å²) in [5.74, 6) is 1.65. The zero-order chi connectivity index (χ0) is 21.5. The number of carbonyl (C=O) groups excluding carboxylic acids is 1. The molecule has 0 spiro atoms. The van der Waals surface area contributed by atoms with Crippen molar-refractivity contribution in [3.8, 4) is 5.75 Å². The molecule has 1 fully saturated rings. The van der Waals surface area contributed by atoms with E-state index in [2.05, 4.69) is 32.3 Å². The van der Waals surface area contributed by atoms with Gasteiger partial charge in [0.25, 0.3) is 0 Å². The Balaban J connectivity index is 1.41. The molecule has 31 heavy (non-hydrogen) atoms. The van der Waals surface area contributed by atoms with Crippen molar-refractivity contribution < 1.29 is 9.53 Å². The highest BCUT2D eigenvalue weighted by atomic mass is 32.2. The van der Waals surface area contributed by atoms with E-state index in [4.69, 9.17) is 4.74 Å². The van der Waals surface area contributed by atoms with Gasteiger partial charge in [0.05, 0.1) is 13.0 Å². The second kappa shape index (κ2) is 10.3. The van der Waals surface area contributed by atoms with E-state index in [0.29, 0.717) is 13.1 Å². The molecule has 7 heteroatoms. The molecule has 0 bridgehead atoms. The van der Waals surface area contributed by atoms with Crippen molar-refractivity contribution >= 4 is 23.5 Å². The quantitative estimate of drug-likeness (QED) is 0.602. The summed E-state index contributed by atoms with van der Waals surface area (Å²) in [6.45, 7) is 2.01. The highest BCUT2D eigenvalue weighted by Gasteiger charge is 2.28. The molecule has 1 atom stereocenters. The summed E-state index contributed by atoms with van der Waals surface area (Å²) in [4.78, 5) is 25.3. The van der Waals surface area contributed by atoms with Crippen LogP contribution in [-0.4, -0.2) is 36.1 Å². The van der Waals surface area contributed by atoms with Gasteiger partial charge in [-0.1, -0.05) is 42.1 Å². The summed E-state index contributed by atoms with van der Waals surface area (Å²) in [5.41, 5.74) is 1.02. The molecule has 0 unspecified atom stereocenters. The van der Waals surface area contributed by atoms with Crippen LogP contribution in [0.15, 0.2) is 76.9 Å². The fourth-order valence-corrected chi connectivity index (χ4v) is 4.61. The number of hydrogen-bond donors (Lipinski definition) is 1. The zero-order valence-corrected chi connectivity index (χ0v) is 18.3. The number of aromatic nitrogens is 2. The van der Waals surface area contributed by atoms with Crippen LogP contribution in [0.4, 0.5) is 5.82 Å². The number of anilines is 1. The minimum atomic E-state index is -0.0732. The van der Waals surface area contributed by atoms with E-state index < -0.39 is 0 Å². The second-order valence-electron chi connectivity index (χ2n) is 7.45. The maximum atomic E-state index is 12.9. The molecule has 1 saturated heterocycles. The average Bonchev–Trinajstić information content (AvgIpc) is 2.84. The predicted octanol–water partition coefficient (Wildman–Crippen LogP) is 4.17. The molecule has 4 rings (SSSR count). The molecule has 0 saturated carbocycles. The molecule has 0 radical (unpaired) electrons. The molecule has 6 nitrogen and oxygen atoms in total. The van der Waals surface area contributed by atoms with Gasteiger partial charge in [-0.25, -0.2) is 9.97 Å². The number of carbonyl (C=O) groups is 1. The molecule has 3 aromatic rings. The fraction of sp³-hybridized carbons (Fsp3) is 0.292. The third kappa shape index (κ3) is 5.55. The SMILES string of the molecule is COc1cccc(CNC(=O)[C@H]2CCCN(c3nccnc3Sc3ccccc3)C2)c1. The van der Waals surface area contributed by atoms with Gasteiger partial charge in [0.15, 0.2) is 5.82 Å². The monoisotopic (exact) mass is 434 g/mol. The molecule has 1 aliphatic rings. The lowest BCUT2D eigenvalue weighted by atomic mass is 9.97. The molecule has 1 aromatic heterocycles. The highest BCUT2D eigenvalue weighted by Crippen LogP contribution is 2.33. The van der Waals surface area contributed by atoms with Gasteiger partial charge in [-0.15, -0.1) is 0 Å². The van der Waals surface area contributed by atoms with Crippen LogP contribution in [0.25, 0.3) is 0 Å². The van der Waals surface area contributed by atoms with Crippen LogP contribution in [0.2, 0.25) is 0 Å².